The lowest BCUT2D eigenvalue weighted by Gasteiger charge is -2.13. The summed E-state index contributed by atoms with van der Waals surface area (Å²) in [5.74, 6) is -0.882. The smallest absolute Gasteiger partial charge is 0.349 e. The molecule has 0 aliphatic carbocycles. The van der Waals surface area contributed by atoms with Crippen LogP contribution in [0, 0.1) is 0 Å². The minimum Gasteiger partial charge on any atom is -0.465 e. The zero-order valence-corrected chi connectivity index (χ0v) is 17.8. The summed E-state index contributed by atoms with van der Waals surface area (Å²) in [6.07, 6.45) is 0. The normalized spacial score (nSPS) is 10.7. The summed E-state index contributed by atoms with van der Waals surface area (Å²) in [5.41, 5.74) is 2.13. The number of aromatic nitrogens is 2. The molecule has 8 heteroatoms. The Morgan fingerprint density at radius 2 is 1.75 bits per heavy atom. The second-order valence-corrected chi connectivity index (χ2v) is 7.41. The van der Waals surface area contributed by atoms with E-state index in [0.29, 0.717) is 32.9 Å². The second-order valence-electron chi connectivity index (χ2n) is 6.97. The molecular weight excluding hydrogens is 430 g/mol. The molecular formula is C24H18ClN3O4. The van der Waals surface area contributed by atoms with Crippen LogP contribution in [0.4, 0.5) is 5.69 Å². The summed E-state index contributed by atoms with van der Waals surface area (Å²) in [5, 5.41) is 3.88. The number of ether oxygens (including phenoxy) is 1. The van der Waals surface area contributed by atoms with E-state index in [1.54, 1.807) is 42.5 Å². The van der Waals surface area contributed by atoms with Gasteiger partial charge in [0.1, 0.15) is 6.54 Å². The standard InChI is InChI=1S/C24H18ClN3O4/c1-32-23(30)16-7-10-18(11-8-16)26-21(29)14-28-20-12-9-17(25)13-19(20)22(27-24(28)31)15-5-3-2-4-6-15/h2-13H,14H2,1H3,(H,26,29). The summed E-state index contributed by atoms with van der Waals surface area (Å²) in [6, 6.07) is 20.7. The van der Waals surface area contributed by atoms with Crippen molar-refractivity contribution in [3.05, 3.63) is 93.9 Å². The number of esters is 1. The van der Waals surface area contributed by atoms with Crippen molar-refractivity contribution >= 4 is 40.1 Å². The SMILES string of the molecule is COC(=O)c1ccc(NC(=O)Cn2c(=O)nc(-c3ccccc3)c3cc(Cl)ccc32)cc1. The Balaban J connectivity index is 1.66. The highest BCUT2D eigenvalue weighted by atomic mass is 35.5. The van der Waals surface area contributed by atoms with Gasteiger partial charge >= 0.3 is 11.7 Å². The number of methoxy groups -OCH3 is 1. The van der Waals surface area contributed by atoms with E-state index in [1.807, 2.05) is 30.3 Å². The fraction of sp³-hybridized carbons (Fsp3) is 0.0833. The minimum atomic E-state index is -0.546. The van der Waals surface area contributed by atoms with E-state index in [0.717, 1.165) is 5.56 Å². The van der Waals surface area contributed by atoms with Gasteiger partial charge in [-0.15, -0.1) is 0 Å². The molecule has 32 heavy (non-hydrogen) atoms. The molecule has 0 radical (unpaired) electrons. The van der Waals surface area contributed by atoms with Gasteiger partial charge in [-0.1, -0.05) is 41.9 Å². The molecule has 160 valence electrons. The third kappa shape index (κ3) is 4.38. The molecule has 1 N–H and O–H groups in total. The highest BCUT2D eigenvalue weighted by Gasteiger charge is 2.15. The monoisotopic (exact) mass is 447 g/mol. The Morgan fingerprint density at radius 1 is 1.03 bits per heavy atom. The quantitative estimate of drug-likeness (QED) is 0.464. The van der Waals surface area contributed by atoms with Crippen molar-refractivity contribution < 1.29 is 14.3 Å². The largest absolute Gasteiger partial charge is 0.465 e. The van der Waals surface area contributed by atoms with Gasteiger partial charge in [-0.2, -0.15) is 4.98 Å². The van der Waals surface area contributed by atoms with Crippen LogP contribution in [-0.4, -0.2) is 28.5 Å². The minimum absolute atomic E-state index is 0.238. The summed E-state index contributed by atoms with van der Waals surface area (Å²) < 4.78 is 5.96. The van der Waals surface area contributed by atoms with E-state index in [4.69, 9.17) is 11.6 Å². The Kier molecular flexibility index (Phi) is 6.00. The molecule has 0 saturated heterocycles. The first-order chi connectivity index (χ1) is 15.5. The van der Waals surface area contributed by atoms with Crippen LogP contribution in [0.2, 0.25) is 5.02 Å². The van der Waals surface area contributed by atoms with E-state index in [1.165, 1.54) is 11.7 Å². The van der Waals surface area contributed by atoms with Crippen molar-refractivity contribution in [3.63, 3.8) is 0 Å². The predicted molar refractivity (Wildman–Crippen MR) is 123 cm³/mol. The highest BCUT2D eigenvalue weighted by Crippen LogP contribution is 2.27. The molecule has 4 aromatic rings. The molecule has 3 aromatic carbocycles. The number of amides is 1. The number of rotatable bonds is 5. The Morgan fingerprint density at radius 3 is 2.44 bits per heavy atom. The number of halogens is 1. The Hall–Kier alpha value is -3.97. The Bertz CT molecular complexity index is 1370. The lowest BCUT2D eigenvalue weighted by molar-refractivity contribution is -0.116. The fourth-order valence-corrected chi connectivity index (χ4v) is 3.55. The van der Waals surface area contributed by atoms with Crippen LogP contribution in [-0.2, 0) is 16.1 Å². The third-order valence-electron chi connectivity index (χ3n) is 4.88. The maximum Gasteiger partial charge on any atom is 0.349 e. The number of fused-ring (bicyclic) bond motifs is 1. The molecule has 1 heterocycles. The average molecular weight is 448 g/mol. The summed E-state index contributed by atoms with van der Waals surface area (Å²) in [4.78, 5) is 41.3. The number of nitrogens with one attached hydrogen (secondary N) is 1. The molecule has 0 spiro atoms. The first kappa shape index (κ1) is 21.3. The molecule has 0 unspecified atom stereocenters. The van der Waals surface area contributed by atoms with Gasteiger partial charge in [-0.25, -0.2) is 9.59 Å². The maximum atomic E-state index is 12.8. The average Bonchev–Trinajstić information content (AvgIpc) is 2.81. The first-order valence-corrected chi connectivity index (χ1v) is 10.1. The van der Waals surface area contributed by atoms with Gasteiger partial charge in [0.25, 0.3) is 0 Å². The van der Waals surface area contributed by atoms with Crippen molar-refractivity contribution in [1.29, 1.82) is 0 Å². The van der Waals surface area contributed by atoms with E-state index < -0.39 is 17.6 Å². The number of carbonyl (C=O) groups excluding carboxylic acids is 2. The van der Waals surface area contributed by atoms with E-state index in [9.17, 15) is 14.4 Å². The van der Waals surface area contributed by atoms with Gasteiger partial charge in [-0.3, -0.25) is 9.36 Å². The van der Waals surface area contributed by atoms with Crippen LogP contribution in [0.25, 0.3) is 22.2 Å². The zero-order chi connectivity index (χ0) is 22.7. The van der Waals surface area contributed by atoms with Crippen molar-refractivity contribution in [2.24, 2.45) is 0 Å². The fourth-order valence-electron chi connectivity index (χ4n) is 3.37. The molecule has 1 amide bonds. The number of hydrogen-bond acceptors (Lipinski definition) is 5. The molecule has 0 atom stereocenters. The Labute approximate surface area is 188 Å². The van der Waals surface area contributed by atoms with Crippen LogP contribution < -0.4 is 11.0 Å². The first-order valence-electron chi connectivity index (χ1n) is 9.70. The molecule has 7 nitrogen and oxygen atoms in total. The number of nitrogens with zero attached hydrogens (tertiary/aromatic N) is 2. The van der Waals surface area contributed by atoms with Crippen LogP contribution in [0.1, 0.15) is 10.4 Å². The van der Waals surface area contributed by atoms with Crippen molar-refractivity contribution in [1.82, 2.24) is 9.55 Å². The summed E-state index contributed by atoms with van der Waals surface area (Å²) >= 11 is 6.20. The van der Waals surface area contributed by atoms with Crippen LogP contribution in [0.3, 0.4) is 0 Å². The van der Waals surface area contributed by atoms with Gasteiger partial charge in [0.15, 0.2) is 0 Å². The van der Waals surface area contributed by atoms with E-state index in [-0.39, 0.29) is 6.54 Å². The zero-order valence-electron chi connectivity index (χ0n) is 17.0. The number of hydrogen-bond donors (Lipinski definition) is 1. The molecule has 1 aromatic heterocycles. The lowest BCUT2D eigenvalue weighted by atomic mass is 10.1. The molecule has 0 aliphatic heterocycles. The molecule has 0 saturated carbocycles. The van der Waals surface area contributed by atoms with Gasteiger partial charge in [0.05, 0.1) is 23.9 Å². The molecule has 4 rings (SSSR count). The van der Waals surface area contributed by atoms with Crippen LogP contribution >= 0.6 is 11.6 Å². The predicted octanol–water partition coefficient (Wildman–Crippen LogP) is 4.14. The van der Waals surface area contributed by atoms with Crippen LogP contribution in [0.5, 0.6) is 0 Å². The summed E-state index contributed by atoms with van der Waals surface area (Å²) in [6.45, 7) is -0.238. The van der Waals surface area contributed by atoms with E-state index >= 15 is 0 Å². The number of anilines is 1. The number of benzene rings is 3. The van der Waals surface area contributed by atoms with Crippen LogP contribution in [0.15, 0.2) is 77.6 Å². The lowest BCUT2D eigenvalue weighted by Crippen LogP contribution is -2.30. The van der Waals surface area contributed by atoms with Gasteiger partial charge in [0, 0.05) is 21.7 Å². The van der Waals surface area contributed by atoms with E-state index in [2.05, 4.69) is 15.0 Å². The van der Waals surface area contributed by atoms with Gasteiger partial charge in [-0.05, 0) is 42.5 Å². The molecule has 0 aliphatic rings. The van der Waals surface area contributed by atoms with Crippen molar-refractivity contribution in [2.75, 3.05) is 12.4 Å². The number of carbonyl (C=O) groups is 2. The highest BCUT2D eigenvalue weighted by molar-refractivity contribution is 6.31. The van der Waals surface area contributed by atoms with Crippen molar-refractivity contribution in [2.45, 2.75) is 6.54 Å². The molecule has 0 fully saturated rings. The molecule has 0 bridgehead atoms. The second kappa shape index (κ2) is 9.03. The maximum absolute atomic E-state index is 12.8. The summed E-state index contributed by atoms with van der Waals surface area (Å²) in [7, 11) is 1.30. The topological polar surface area (TPSA) is 90.3 Å². The third-order valence-corrected chi connectivity index (χ3v) is 5.12. The van der Waals surface area contributed by atoms with Gasteiger partial charge in [0.2, 0.25) is 5.91 Å². The van der Waals surface area contributed by atoms with Crippen molar-refractivity contribution in [3.8, 4) is 11.3 Å². The van der Waals surface area contributed by atoms with Gasteiger partial charge < -0.3 is 10.1 Å².